The van der Waals surface area contributed by atoms with Crippen LogP contribution >= 0.6 is 0 Å². The van der Waals surface area contributed by atoms with Crippen molar-refractivity contribution in [3.63, 3.8) is 0 Å². The van der Waals surface area contributed by atoms with E-state index in [1.54, 1.807) is 12.1 Å². The molecular weight excluding hydrogens is 215 g/mol. The van der Waals surface area contributed by atoms with Crippen LogP contribution in [0, 0.1) is 5.82 Å². The molecule has 2 nitrogen and oxygen atoms in total. The van der Waals surface area contributed by atoms with Crippen molar-refractivity contribution in [1.82, 2.24) is 9.78 Å². The molecule has 1 aliphatic heterocycles. The van der Waals surface area contributed by atoms with Gasteiger partial charge in [0.25, 0.3) is 0 Å². The second kappa shape index (κ2) is 2.94. The molecule has 0 spiro atoms. The van der Waals surface area contributed by atoms with Crippen molar-refractivity contribution in [2.75, 3.05) is 0 Å². The van der Waals surface area contributed by atoms with Gasteiger partial charge in [0, 0.05) is 11.8 Å². The molecule has 17 heavy (non-hydrogen) atoms. The summed E-state index contributed by atoms with van der Waals surface area (Å²) in [6.07, 6.45) is 0.758. The Hall–Kier alpha value is -2.16. The van der Waals surface area contributed by atoms with Crippen molar-refractivity contribution in [2.45, 2.75) is 6.42 Å². The van der Waals surface area contributed by atoms with Gasteiger partial charge in [-0.15, -0.1) is 0 Å². The molecule has 1 aromatic heterocycles. The number of rotatable bonds is 0. The lowest BCUT2D eigenvalue weighted by Crippen LogP contribution is -1.93. The number of benzene rings is 2. The normalized spacial score (nSPS) is 12.8. The molecule has 2 aromatic carbocycles. The topological polar surface area (TPSA) is 17.8 Å². The zero-order valence-electron chi connectivity index (χ0n) is 9.02. The summed E-state index contributed by atoms with van der Waals surface area (Å²) in [5.41, 5.74) is 4.16. The number of nitrogens with zero attached hydrogens (tertiary/aromatic N) is 2. The fourth-order valence-corrected chi connectivity index (χ4v) is 2.54. The summed E-state index contributed by atoms with van der Waals surface area (Å²) >= 11 is 0. The monoisotopic (exact) mass is 224 g/mol. The van der Waals surface area contributed by atoms with Gasteiger partial charge in [-0.05, 0) is 29.8 Å². The fraction of sp³-hybridized carbons (Fsp3) is 0.0714. The zero-order valence-corrected chi connectivity index (χ0v) is 9.02. The summed E-state index contributed by atoms with van der Waals surface area (Å²) in [5.74, 6) is -0.182. The third-order valence-corrected chi connectivity index (χ3v) is 3.31. The van der Waals surface area contributed by atoms with Crippen LogP contribution in [0.5, 0.6) is 0 Å². The molecule has 0 fully saturated rings. The maximum absolute atomic E-state index is 13.2. The molecule has 0 saturated carbocycles. The van der Waals surface area contributed by atoms with Crippen LogP contribution in [0.3, 0.4) is 0 Å². The second-order valence-corrected chi connectivity index (χ2v) is 4.33. The molecule has 3 heteroatoms. The average molecular weight is 224 g/mol. The Balaban J connectivity index is 2.06. The van der Waals surface area contributed by atoms with E-state index in [1.807, 2.05) is 22.9 Å². The van der Waals surface area contributed by atoms with Crippen molar-refractivity contribution >= 4 is 10.9 Å². The summed E-state index contributed by atoms with van der Waals surface area (Å²) < 4.78 is 15.1. The Morgan fingerprint density at radius 2 is 2.00 bits per heavy atom. The average Bonchev–Trinajstić information content (AvgIpc) is 2.84. The maximum atomic E-state index is 13.2. The number of aromatic nitrogens is 2. The van der Waals surface area contributed by atoms with E-state index in [0.717, 1.165) is 34.3 Å². The lowest BCUT2D eigenvalue weighted by atomic mass is 10.1. The van der Waals surface area contributed by atoms with Crippen molar-refractivity contribution in [2.24, 2.45) is 0 Å². The van der Waals surface area contributed by atoms with E-state index in [-0.39, 0.29) is 5.82 Å². The van der Waals surface area contributed by atoms with E-state index in [1.165, 1.54) is 6.07 Å². The Morgan fingerprint density at radius 1 is 1.12 bits per heavy atom. The highest BCUT2D eigenvalue weighted by atomic mass is 19.1. The molecular formula is C14H9FN2. The number of hydrogen-bond acceptors (Lipinski definition) is 1. The van der Waals surface area contributed by atoms with Gasteiger partial charge in [-0.1, -0.05) is 18.2 Å². The van der Waals surface area contributed by atoms with E-state index in [9.17, 15) is 4.39 Å². The predicted octanol–water partition coefficient (Wildman–Crippen LogP) is 3.07. The number of halogens is 1. The van der Waals surface area contributed by atoms with Crippen molar-refractivity contribution in [1.29, 1.82) is 0 Å². The van der Waals surface area contributed by atoms with Gasteiger partial charge in [-0.25, -0.2) is 9.07 Å². The zero-order chi connectivity index (χ0) is 11.4. The van der Waals surface area contributed by atoms with Gasteiger partial charge < -0.3 is 0 Å². The summed E-state index contributed by atoms with van der Waals surface area (Å²) in [6.45, 7) is 0. The van der Waals surface area contributed by atoms with Crippen LogP contribution in [0.25, 0.3) is 16.6 Å². The van der Waals surface area contributed by atoms with Crippen LogP contribution in [0.1, 0.15) is 11.3 Å². The highest BCUT2D eigenvalue weighted by molar-refractivity contribution is 5.84. The van der Waals surface area contributed by atoms with E-state index in [2.05, 4.69) is 11.2 Å². The van der Waals surface area contributed by atoms with Crippen molar-refractivity contribution < 1.29 is 4.39 Å². The third kappa shape index (κ3) is 1.11. The second-order valence-electron chi connectivity index (χ2n) is 4.33. The first-order chi connectivity index (χ1) is 8.33. The minimum Gasteiger partial charge on any atom is -0.236 e. The Kier molecular flexibility index (Phi) is 1.55. The molecule has 0 N–H and O–H groups in total. The largest absolute Gasteiger partial charge is 0.236 e. The molecule has 2 heterocycles. The van der Waals surface area contributed by atoms with Gasteiger partial charge in [-0.3, -0.25) is 0 Å². The Bertz CT molecular complexity index is 743. The SMILES string of the molecule is Fc1ccc2c(c1)Cc1c3ccccc3nn1-2. The fourth-order valence-electron chi connectivity index (χ4n) is 2.54. The molecule has 4 rings (SSSR count). The van der Waals surface area contributed by atoms with Crippen LogP contribution in [0.15, 0.2) is 42.5 Å². The van der Waals surface area contributed by atoms with E-state index < -0.39 is 0 Å². The lowest BCUT2D eigenvalue weighted by Gasteiger charge is -1.99. The number of fused-ring (bicyclic) bond motifs is 5. The molecule has 0 bridgehead atoms. The molecule has 0 aliphatic carbocycles. The van der Waals surface area contributed by atoms with Crippen LogP contribution in [0.2, 0.25) is 0 Å². The molecule has 0 unspecified atom stereocenters. The van der Waals surface area contributed by atoms with Crippen molar-refractivity contribution in [3.05, 3.63) is 59.5 Å². The minimum absolute atomic E-state index is 0.182. The molecule has 0 radical (unpaired) electrons. The first kappa shape index (κ1) is 8.93. The van der Waals surface area contributed by atoms with Crippen LogP contribution in [-0.4, -0.2) is 9.78 Å². The molecule has 0 saturated heterocycles. The standard InChI is InChI=1S/C14H9FN2/c15-10-5-6-13-9(7-10)8-14-11-3-1-2-4-12(11)16-17(13)14/h1-7H,8H2. The van der Waals surface area contributed by atoms with E-state index in [0.29, 0.717) is 0 Å². The minimum atomic E-state index is -0.182. The quantitative estimate of drug-likeness (QED) is 0.449. The van der Waals surface area contributed by atoms with Gasteiger partial charge in [0.15, 0.2) is 0 Å². The Labute approximate surface area is 97.3 Å². The third-order valence-electron chi connectivity index (χ3n) is 3.31. The molecule has 0 atom stereocenters. The highest BCUT2D eigenvalue weighted by Gasteiger charge is 2.22. The summed E-state index contributed by atoms with van der Waals surface area (Å²) in [6, 6.07) is 12.9. The van der Waals surface area contributed by atoms with Crippen LogP contribution in [0.4, 0.5) is 4.39 Å². The van der Waals surface area contributed by atoms with Crippen molar-refractivity contribution in [3.8, 4) is 5.69 Å². The van der Waals surface area contributed by atoms with Crippen LogP contribution < -0.4 is 0 Å². The molecule has 0 amide bonds. The predicted molar refractivity (Wildman–Crippen MR) is 63.8 cm³/mol. The summed E-state index contributed by atoms with van der Waals surface area (Å²) in [5, 5.41) is 5.72. The first-order valence-corrected chi connectivity index (χ1v) is 5.58. The van der Waals surface area contributed by atoms with E-state index >= 15 is 0 Å². The lowest BCUT2D eigenvalue weighted by molar-refractivity contribution is 0.626. The maximum Gasteiger partial charge on any atom is 0.123 e. The Morgan fingerprint density at radius 3 is 2.94 bits per heavy atom. The van der Waals surface area contributed by atoms with E-state index in [4.69, 9.17) is 0 Å². The molecule has 82 valence electrons. The highest BCUT2D eigenvalue weighted by Crippen LogP contribution is 2.32. The molecule has 1 aliphatic rings. The smallest absolute Gasteiger partial charge is 0.123 e. The number of hydrogen-bond donors (Lipinski definition) is 0. The van der Waals surface area contributed by atoms with Gasteiger partial charge in [0.05, 0.1) is 16.9 Å². The first-order valence-electron chi connectivity index (χ1n) is 5.58. The van der Waals surface area contributed by atoms with Gasteiger partial charge in [-0.2, -0.15) is 5.10 Å². The molecule has 3 aromatic rings. The summed E-state index contributed by atoms with van der Waals surface area (Å²) in [4.78, 5) is 0. The van der Waals surface area contributed by atoms with Crippen LogP contribution in [-0.2, 0) is 6.42 Å². The summed E-state index contributed by atoms with van der Waals surface area (Å²) in [7, 11) is 0. The van der Waals surface area contributed by atoms with Gasteiger partial charge in [0.2, 0.25) is 0 Å². The van der Waals surface area contributed by atoms with Gasteiger partial charge in [0.1, 0.15) is 5.82 Å². The van der Waals surface area contributed by atoms with Gasteiger partial charge >= 0.3 is 0 Å².